The van der Waals surface area contributed by atoms with Gasteiger partial charge in [-0.25, -0.2) is 13.2 Å². The number of hydrogen-bond donors (Lipinski definition) is 2. The van der Waals surface area contributed by atoms with E-state index in [0.29, 0.717) is 5.02 Å². The van der Waals surface area contributed by atoms with Gasteiger partial charge in [-0.1, -0.05) is 11.6 Å². The molecule has 0 bridgehead atoms. The Balaban J connectivity index is 3.02. The van der Waals surface area contributed by atoms with Gasteiger partial charge in [0.1, 0.15) is 5.37 Å². The highest BCUT2D eigenvalue weighted by Crippen LogP contribution is 2.17. The summed E-state index contributed by atoms with van der Waals surface area (Å²) in [7, 11) is -3.70. The molecule has 16 heavy (non-hydrogen) atoms. The summed E-state index contributed by atoms with van der Waals surface area (Å²) in [5.74, 6) is 0. The molecule has 1 unspecified atom stereocenters. The highest BCUT2D eigenvalue weighted by Gasteiger charge is 2.24. The summed E-state index contributed by atoms with van der Waals surface area (Å²) in [6.45, 7) is 1.26. The van der Waals surface area contributed by atoms with Gasteiger partial charge in [-0.3, -0.25) is 0 Å². The second-order valence-corrected chi connectivity index (χ2v) is 5.80. The first-order chi connectivity index (χ1) is 7.34. The lowest BCUT2D eigenvalue weighted by molar-refractivity contribution is 0.193. The van der Waals surface area contributed by atoms with E-state index in [9.17, 15) is 13.2 Å². The molecule has 0 aliphatic rings. The molecule has 0 heterocycles. The normalized spacial score (nSPS) is 13.1. The number of nitrogens with one attached hydrogen (secondary N) is 1. The zero-order valence-corrected chi connectivity index (χ0v) is 9.92. The minimum absolute atomic E-state index is 0.0261. The monoisotopic (exact) mass is 263 g/mol. The Hall–Kier alpha value is -1.27. The molecule has 7 heteroatoms. The molecule has 88 valence electrons. The number of hydrogen-bond acceptors (Lipinski definition) is 3. The molecule has 0 saturated heterocycles. The van der Waals surface area contributed by atoms with Crippen LogP contribution in [0.5, 0.6) is 0 Å². The Morgan fingerprint density at radius 1 is 1.38 bits per heavy atom. The lowest BCUT2D eigenvalue weighted by atomic mass is 10.4. The van der Waals surface area contributed by atoms with E-state index < -0.39 is 21.3 Å². The molecule has 0 fully saturated rings. The summed E-state index contributed by atoms with van der Waals surface area (Å²) in [5, 5.41) is 9.55. The first-order valence-corrected chi connectivity index (χ1v) is 6.25. The average molecular weight is 264 g/mol. The van der Waals surface area contributed by atoms with E-state index in [2.05, 4.69) is 0 Å². The zero-order valence-electron chi connectivity index (χ0n) is 8.34. The maximum Gasteiger partial charge on any atom is 0.405 e. The molecular weight excluding hydrogens is 254 g/mol. The first kappa shape index (κ1) is 12.8. The van der Waals surface area contributed by atoms with Crippen molar-refractivity contribution in [2.75, 3.05) is 0 Å². The Labute approximate surface area is 98.0 Å². The predicted octanol–water partition coefficient (Wildman–Crippen LogP) is 1.73. The highest BCUT2D eigenvalue weighted by atomic mass is 35.5. The maximum absolute atomic E-state index is 11.8. The van der Waals surface area contributed by atoms with E-state index in [0.717, 1.165) is 0 Å². The van der Waals surface area contributed by atoms with Crippen LogP contribution in [0.1, 0.15) is 6.92 Å². The summed E-state index contributed by atoms with van der Waals surface area (Å²) in [6.07, 6.45) is -1.38. The Morgan fingerprint density at radius 2 is 1.88 bits per heavy atom. The molecule has 0 aliphatic carbocycles. The molecule has 0 saturated carbocycles. The number of carbonyl (C=O) groups is 1. The van der Waals surface area contributed by atoms with Crippen LogP contribution in [-0.2, 0) is 9.84 Å². The lowest BCUT2D eigenvalue weighted by Gasteiger charge is -2.12. The van der Waals surface area contributed by atoms with Crippen molar-refractivity contribution in [3.05, 3.63) is 29.3 Å². The fourth-order valence-electron chi connectivity index (χ4n) is 1.08. The topological polar surface area (TPSA) is 83.5 Å². The van der Waals surface area contributed by atoms with Crippen LogP contribution in [0, 0.1) is 0 Å². The van der Waals surface area contributed by atoms with Gasteiger partial charge in [0.05, 0.1) is 4.90 Å². The molecule has 2 N–H and O–H groups in total. The smallest absolute Gasteiger partial charge is 0.405 e. The third-order valence-electron chi connectivity index (χ3n) is 1.93. The molecule has 0 spiro atoms. The highest BCUT2D eigenvalue weighted by molar-refractivity contribution is 7.92. The summed E-state index contributed by atoms with van der Waals surface area (Å²) >= 11 is 5.62. The first-order valence-electron chi connectivity index (χ1n) is 4.33. The van der Waals surface area contributed by atoms with Gasteiger partial charge in [-0.15, -0.1) is 0 Å². The van der Waals surface area contributed by atoms with Crippen molar-refractivity contribution in [3.63, 3.8) is 0 Å². The SMILES string of the molecule is CC(NC(=O)O)S(=O)(=O)c1ccc(Cl)cc1. The quantitative estimate of drug-likeness (QED) is 0.870. The minimum Gasteiger partial charge on any atom is -0.465 e. The maximum atomic E-state index is 11.8. The number of halogens is 1. The van der Waals surface area contributed by atoms with Gasteiger partial charge >= 0.3 is 6.09 Å². The van der Waals surface area contributed by atoms with Crippen molar-refractivity contribution in [2.24, 2.45) is 0 Å². The number of benzene rings is 1. The third-order valence-corrected chi connectivity index (χ3v) is 4.16. The van der Waals surface area contributed by atoms with E-state index in [-0.39, 0.29) is 4.90 Å². The van der Waals surface area contributed by atoms with Gasteiger partial charge in [0.2, 0.25) is 0 Å². The summed E-state index contributed by atoms with van der Waals surface area (Å²) in [5.41, 5.74) is 0. The number of sulfone groups is 1. The lowest BCUT2D eigenvalue weighted by Crippen LogP contribution is -2.37. The molecule has 1 amide bonds. The van der Waals surface area contributed by atoms with Crippen LogP contribution in [0.15, 0.2) is 29.2 Å². The third kappa shape index (κ3) is 2.86. The largest absolute Gasteiger partial charge is 0.465 e. The van der Waals surface area contributed by atoms with Gasteiger partial charge in [0, 0.05) is 5.02 Å². The molecule has 5 nitrogen and oxygen atoms in total. The van der Waals surface area contributed by atoms with Crippen LogP contribution in [0.2, 0.25) is 5.02 Å². The number of carboxylic acid groups (broad SMARTS) is 1. The number of amides is 1. The second kappa shape index (κ2) is 4.71. The summed E-state index contributed by atoms with van der Waals surface area (Å²) in [6, 6.07) is 5.53. The van der Waals surface area contributed by atoms with Gasteiger partial charge < -0.3 is 10.4 Å². The molecule has 0 aliphatic heterocycles. The Morgan fingerprint density at radius 3 is 2.31 bits per heavy atom. The van der Waals surface area contributed by atoms with Crippen molar-refractivity contribution in [2.45, 2.75) is 17.2 Å². The van der Waals surface area contributed by atoms with Crippen LogP contribution in [0.3, 0.4) is 0 Å². The van der Waals surface area contributed by atoms with Crippen molar-refractivity contribution in [3.8, 4) is 0 Å². The molecular formula is C9H10ClNO4S. The Kier molecular flexibility index (Phi) is 3.77. The average Bonchev–Trinajstić information content (AvgIpc) is 2.17. The molecule has 0 aromatic heterocycles. The van der Waals surface area contributed by atoms with E-state index >= 15 is 0 Å². The summed E-state index contributed by atoms with van der Waals surface area (Å²) < 4.78 is 23.6. The van der Waals surface area contributed by atoms with Crippen molar-refractivity contribution in [1.82, 2.24) is 5.32 Å². The summed E-state index contributed by atoms with van der Waals surface area (Å²) in [4.78, 5) is 10.4. The number of rotatable bonds is 3. The molecule has 1 rings (SSSR count). The van der Waals surface area contributed by atoms with Gasteiger partial charge in [0.25, 0.3) is 0 Å². The Bertz CT molecular complexity index is 483. The molecule has 1 aromatic carbocycles. The fraction of sp³-hybridized carbons (Fsp3) is 0.222. The van der Waals surface area contributed by atoms with Crippen molar-refractivity contribution < 1.29 is 18.3 Å². The van der Waals surface area contributed by atoms with Crippen LogP contribution in [0.4, 0.5) is 4.79 Å². The van der Waals surface area contributed by atoms with Gasteiger partial charge in [0.15, 0.2) is 9.84 Å². The van der Waals surface area contributed by atoms with Gasteiger partial charge in [-0.2, -0.15) is 0 Å². The van der Waals surface area contributed by atoms with Crippen molar-refractivity contribution in [1.29, 1.82) is 0 Å². The minimum atomic E-state index is -3.70. The second-order valence-electron chi connectivity index (χ2n) is 3.09. The van der Waals surface area contributed by atoms with E-state index in [1.165, 1.54) is 31.2 Å². The standard InChI is InChI=1S/C9H10ClNO4S/c1-6(11-9(12)13)16(14,15)8-4-2-7(10)3-5-8/h2-6,11H,1H3,(H,12,13). The van der Waals surface area contributed by atoms with Crippen LogP contribution in [0.25, 0.3) is 0 Å². The fourth-order valence-corrected chi connectivity index (χ4v) is 2.39. The zero-order chi connectivity index (χ0) is 12.3. The van der Waals surface area contributed by atoms with E-state index in [1.54, 1.807) is 0 Å². The van der Waals surface area contributed by atoms with Crippen molar-refractivity contribution >= 4 is 27.5 Å². The molecule has 1 atom stereocenters. The van der Waals surface area contributed by atoms with E-state index in [1.807, 2.05) is 5.32 Å². The van der Waals surface area contributed by atoms with Crippen LogP contribution < -0.4 is 5.32 Å². The van der Waals surface area contributed by atoms with Crippen LogP contribution >= 0.6 is 11.6 Å². The molecule has 0 radical (unpaired) electrons. The molecule has 1 aromatic rings. The predicted molar refractivity (Wildman–Crippen MR) is 59.3 cm³/mol. The van der Waals surface area contributed by atoms with Crippen LogP contribution in [-0.4, -0.2) is 25.0 Å². The van der Waals surface area contributed by atoms with E-state index in [4.69, 9.17) is 16.7 Å². The van der Waals surface area contributed by atoms with Gasteiger partial charge in [-0.05, 0) is 31.2 Å².